The SMILES string of the molecule is Cc1cc(-c2cccc(CO[Si](C)(C)C(C)(C)C)c2F)cnc1N1CC(=O)C1. The maximum atomic E-state index is 15.2. The van der Waals surface area contributed by atoms with Gasteiger partial charge in [0.1, 0.15) is 11.6 Å². The van der Waals surface area contributed by atoms with Gasteiger partial charge in [-0.1, -0.05) is 39.0 Å². The molecule has 2 aromatic rings. The lowest BCUT2D eigenvalue weighted by Gasteiger charge is -2.36. The van der Waals surface area contributed by atoms with Crippen molar-refractivity contribution in [2.24, 2.45) is 0 Å². The molecule has 1 fully saturated rings. The fourth-order valence-electron chi connectivity index (χ4n) is 2.96. The first-order valence-corrected chi connectivity index (χ1v) is 12.6. The molecular formula is C22H29FN2O2Si. The zero-order valence-corrected chi connectivity index (χ0v) is 18.6. The number of ketones is 1. The summed E-state index contributed by atoms with van der Waals surface area (Å²) in [6, 6.07) is 7.35. The number of anilines is 1. The molecule has 2 heterocycles. The molecule has 4 nitrogen and oxygen atoms in total. The smallest absolute Gasteiger partial charge is 0.192 e. The fraction of sp³-hybridized carbons (Fsp3) is 0.455. The highest BCUT2D eigenvalue weighted by Crippen LogP contribution is 2.37. The number of carbonyl (C=O) groups is 1. The van der Waals surface area contributed by atoms with Crippen LogP contribution in [0.5, 0.6) is 0 Å². The van der Waals surface area contributed by atoms with Crippen LogP contribution in [0.25, 0.3) is 11.1 Å². The molecule has 28 heavy (non-hydrogen) atoms. The number of hydrogen-bond donors (Lipinski definition) is 0. The first kappa shape index (κ1) is 20.7. The van der Waals surface area contributed by atoms with Gasteiger partial charge in [0.15, 0.2) is 14.1 Å². The second-order valence-corrected chi connectivity index (χ2v) is 13.9. The summed E-state index contributed by atoms with van der Waals surface area (Å²) in [4.78, 5) is 17.6. The van der Waals surface area contributed by atoms with Crippen LogP contribution in [0.2, 0.25) is 18.1 Å². The first-order chi connectivity index (χ1) is 13.0. The van der Waals surface area contributed by atoms with E-state index in [1.165, 1.54) is 0 Å². The zero-order chi connectivity index (χ0) is 20.7. The van der Waals surface area contributed by atoms with E-state index in [2.05, 4.69) is 38.8 Å². The molecule has 150 valence electrons. The van der Waals surface area contributed by atoms with Gasteiger partial charge in [-0.15, -0.1) is 0 Å². The Morgan fingerprint density at radius 3 is 2.50 bits per heavy atom. The van der Waals surface area contributed by atoms with Crippen LogP contribution in [0.4, 0.5) is 10.2 Å². The van der Waals surface area contributed by atoms with Crippen LogP contribution in [0, 0.1) is 12.7 Å². The summed E-state index contributed by atoms with van der Waals surface area (Å²) in [6.45, 7) is 13.9. The number of benzene rings is 1. The third-order valence-electron chi connectivity index (χ3n) is 5.87. The number of carbonyl (C=O) groups excluding carboxylic acids is 1. The standard InChI is InChI=1S/C22H29FN2O2Si/c1-15-10-17(11-24-21(15)25-12-18(26)13-25)19-9-7-8-16(20(19)23)14-27-28(5,6)22(2,3)4/h7-11H,12-14H2,1-6H3. The largest absolute Gasteiger partial charge is 0.412 e. The Bertz CT molecular complexity index is 898. The van der Waals surface area contributed by atoms with Gasteiger partial charge in [-0.3, -0.25) is 4.79 Å². The van der Waals surface area contributed by atoms with E-state index in [9.17, 15) is 4.79 Å². The van der Waals surface area contributed by atoms with Gasteiger partial charge in [-0.2, -0.15) is 0 Å². The molecule has 1 saturated heterocycles. The first-order valence-electron chi connectivity index (χ1n) is 9.64. The van der Waals surface area contributed by atoms with E-state index in [1.54, 1.807) is 18.3 Å². The summed E-state index contributed by atoms with van der Waals surface area (Å²) in [7, 11) is -1.95. The Balaban J connectivity index is 1.83. The Morgan fingerprint density at radius 2 is 1.93 bits per heavy atom. The Labute approximate surface area is 167 Å². The second-order valence-electron chi connectivity index (χ2n) is 9.09. The van der Waals surface area contributed by atoms with Gasteiger partial charge in [-0.25, -0.2) is 9.37 Å². The van der Waals surface area contributed by atoms with E-state index in [1.807, 2.05) is 24.0 Å². The summed E-state index contributed by atoms with van der Waals surface area (Å²) >= 11 is 0. The van der Waals surface area contributed by atoms with E-state index in [4.69, 9.17) is 4.43 Å². The highest BCUT2D eigenvalue weighted by Gasteiger charge is 2.37. The molecule has 0 aliphatic carbocycles. The summed E-state index contributed by atoms with van der Waals surface area (Å²) in [5, 5.41) is 0.0796. The second kappa shape index (κ2) is 7.41. The summed E-state index contributed by atoms with van der Waals surface area (Å²) in [5.74, 6) is 0.751. The van der Waals surface area contributed by atoms with E-state index >= 15 is 4.39 Å². The quantitative estimate of drug-likeness (QED) is 0.654. The van der Waals surface area contributed by atoms with Gasteiger partial charge in [-0.05, 0) is 36.7 Å². The van der Waals surface area contributed by atoms with Crippen molar-refractivity contribution < 1.29 is 13.6 Å². The number of pyridine rings is 1. The van der Waals surface area contributed by atoms with Gasteiger partial charge in [0.05, 0.1) is 19.7 Å². The minimum absolute atomic E-state index is 0.0796. The van der Waals surface area contributed by atoms with Crippen molar-refractivity contribution in [1.82, 2.24) is 4.98 Å². The Hall–Kier alpha value is -2.05. The lowest BCUT2D eigenvalue weighted by atomic mass is 10.0. The zero-order valence-electron chi connectivity index (χ0n) is 17.6. The van der Waals surface area contributed by atoms with Crippen molar-refractivity contribution in [3.63, 3.8) is 0 Å². The molecule has 1 aromatic heterocycles. The molecular weight excluding hydrogens is 371 g/mol. The van der Waals surface area contributed by atoms with E-state index in [0.29, 0.717) is 24.2 Å². The van der Waals surface area contributed by atoms with Crippen LogP contribution in [0.1, 0.15) is 31.9 Å². The number of halogens is 1. The van der Waals surface area contributed by atoms with Crippen molar-refractivity contribution in [2.45, 2.75) is 52.4 Å². The molecule has 0 amide bonds. The van der Waals surface area contributed by atoms with Crippen LogP contribution in [-0.2, 0) is 15.8 Å². The van der Waals surface area contributed by atoms with Gasteiger partial charge >= 0.3 is 0 Å². The van der Waals surface area contributed by atoms with Gasteiger partial charge in [0.2, 0.25) is 0 Å². The lowest BCUT2D eigenvalue weighted by molar-refractivity contribution is -0.119. The molecule has 0 spiro atoms. The number of aryl methyl sites for hydroxylation is 1. The molecule has 1 aliphatic rings. The molecule has 0 radical (unpaired) electrons. The third-order valence-corrected chi connectivity index (χ3v) is 10.3. The van der Waals surface area contributed by atoms with Crippen molar-refractivity contribution in [3.05, 3.63) is 47.4 Å². The summed E-state index contributed by atoms with van der Waals surface area (Å²) in [6.07, 6.45) is 1.68. The third kappa shape index (κ3) is 4.03. The van der Waals surface area contributed by atoms with Crippen LogP contribution in [-0.4, -0.2) is 32.2 Å². The lowest BCUT2D eigenvalue weighted by Crippen LogP contribution is -2.48. The Kier molecular flexibility index (Phi) is 5.47. The molecule has 6 heteroatoms. The number of Topliss-reactive ketones (excluding diaryl/α,β-unsaturated/α-hetero) is 1. The fourth-order valence-corrected chi connectivity index (χ4v) is 3.91. The molecule has 0 N–H and O–H groups in total. The van der Waals surface area contributed by atoms with Gasteiger partial charge in [0, 0.05) is 22.9 Å². The van der Waals surface area contributed by atoms with E-state index in [0.717, 1.165) is 16.9 Å². The maximum absolute atomic E-state index is 15.2. The minimum Gasteiger partial charge on any atom is -0.412 e. The number of hydrogen-bond acceptors (Lipinski definition) is 4. The van der Waals surface area contributed by atoms with Gasteiger partial charge in [0.25, 0.3) is 0 Å². The maximum Gasteiger partial charge on any atom is 0.192 e. The minimum atomic E-state index is -1.95. The van der Waals surface area contributed by atoms with E-state index < -0.39 is 8.32 Å². The molecule has 0 unspecified atom stereocenters. The highest BCUT2D eigenvalue weighted by molar-refractivity contribution is 6.74. The average molecular weight is 401 g/mol. The van der Waals surface area contributed by atoms with E-state index in [-0.39, 0.29) is 23.2 Å². The summed E-state index contributed by atoms with van der Waals surface area (Å²) in [5.41, 5.74) is 2.77. The number of nitrogens with zero attached hydrogens (tertiary/aromatic N) is 2. The molecule has 1 aliphatic heterocycles. The van der Waals surface area contributed by atoms with Crippen LogP contribution >= 0.6 is 0 Å². The normalized spacial score (nSPS) is 15.0. The van der Waals surface area contributed by atoms with Gasteiger partial charge < -0.3 is 9.33 Å². The van der Waals surface area contributed by atoms with Crippen LogP contribution < -0.4 is 4.90 Å². The van der Waals surface area contributed by atoms with Crippen molar-refractivity contribution in [2.75, 3.05) is 18.0 Å². The predicted octanol–water partition coefficient (Wildman–Crippen LogP) is 5.11. The monoisotopic (exact) mass is 400 g/mol. The number of aromatic nitrogens is 1. The Morgan fingerprint density at radius 1 is 1.25 bits per heavy atom. The molecule has 3 rings (SSSR count). The molecule has 0 saturated carbocycles. The predicted molar refractivity (Wildman–Crippen MR) is 114 cm³/mol. The summed E-state index contributed by atoms with van der Waals surface area (Å²) < 4.78 is 21.4. The van der Waals surface area contributed by atoms with Crippen LogP contribution in [0.3, 0.4) is 0 Å². The molecule has 1 aromatic carbocycles. The van der Waals surface area contributed by atoms with Crippen molar-refractivity contribution >= 4 is 19.9 Å². The molecule has 0 atom stereocenters. The van der Waals surface area contributed by atoms with Crippen LogP contribution in [0.15, 0.2) is 30.5 Å². The molecule has 0 bridgehead atoms. The van der Waals surface area contributed by atoms with Crippen molar-refractivity contribution in [1.29, 1.82) is 0 Å². The highest BCUT2D eigenvalue weighted by atomic mass is 28.4. The van der Waals surface area contributed by atoms with Crippen molar-refractivity contribution in [3.8, 4) is 11.1 Å². The number of rotatable bonds is 5. The topological polar surface area (TPSA) is 42.4 Å². The average Bonchev–Trinajstić information content (AvgIpc) is 2.57.